The minimum atomic E-state index is 0.0187. The first-order valence-corrected chi connectivity index (χ1v) is 10.2. The lowest BCUT2D eigenvalue weighted by Gasteiger charge is -2.49. The fraction of sp³-hybridized carbons (Fsp3) is 0.435. The summed E-state index contributed by atoms with van der Waals surface area (Å²) in [4.78, 5) is 18.0. The van der Waals surface area contributed by atoms with Gasteiger partial charge in [0.1, 0.15) is 0 Å². The van der Waals surface area contributed by atoms with Crippen LogP contribution in [0.3, 0.4) is 0 Å². The second-order valence-corrected chi connectivity index (χ2v) is 8.17. The molecule has 0 radical (unpaired) electrons. The van der Waals surface area contributed by atoms with E-state index >= 15 is 0 Å². The first-order chi connectivity index (χ1) is 13.3. The van der Waals surface area contributed by atoms with Crippen LogP contribution in [0.2, 0.25) is 0 Å². The van der Waals surface area contributed by atoms with Crippen LogP contribution in [0.4, 0.5) is 11.4 Å². The Bertz CT molecular complexity index is 817. The highest BCUT2D eigenvalue weighted by Crippen LogP contribution is 2.37. The summed E-state index contributed by atoms with van der Waals surface area (Å²) in [7, 11) is 0. The van der Waals surface area contributed by atoms with E-state index in [0.717, 1.165) is 32.6 Å². The molecule has 0 aromatic heterocycles. The normalized spacial score (nSPS) is 24.1. The smallest absolute Gasteiger partial charge is 0.225 e. The quantitative estimate of drug-likeness (QED) is 0.909. The molecule has 1 aliphatic carbocycles. The first kappa shape index (κ1) is 16.7. The third-order valence-electron chi connectivity index (χ3n) is 6.34. The number of para-hydroxylation sites is 2. The van der Waals surface area contributed by atoms with Crippen LogP contribution in [0.15, 0.2) is 54.6 Å². The van der Waals surface area contributed by atoms with E-state index in [1.165, 1.54) is 29.8 Å². The summed E-state index contributed by atoms with van der Waals surface area (Å²) in [6.07, 6.45) is 3.38. The molecule has 5 rings (SSSR count). The van der Waals surface area contributed by atoms with Gasteiger partial charge >= 0.3 is 0 Å². The van der Waals surface area contributed by atoms with Gasteiger partial charge < -0.3 is 15.1 Å². The molecule has 27 heavy (non-hydrogen) atoms. The van der Waals surface area contributed by atoms with Crippen LogP contribution in [0.5, 0.6) is 0 Å². The summed E-state index contributed by atoms with van der Waals surface area (Å²) in [6, 6.07) is 19.5. The highest BCUT2D eigenvalue weighted by molar-refractivity contribution is 5.82. The van der Waals surface area contributed by atoms with Crippen molar-refractivity contribution in [2.45, 2.75) is 25.3 Å². The lowest BCUT2D eigenvalue weighted by atomic mass is 9.83. The minimum Gasteiger partial charge on any atom is -0.368 e. The van der Waals surface area contributed by atoms with E-state index < -0.39 is 0 Å². The Hall–Kier alpha value is -2.49. The Kier molecular flexibility index (Phi) is 4.27. The van der Waals surface area contributed by atoms with E-state index in [1.54, 1.807) is 0 Å². The molecule has 2 heterocycles. The van der Waals surface area contributed by atoms with Crippen molar-refractivity contribution in [2.24, 2.45) is 11.8 Å². The lowest BCUT2D eigenvalue weighted by molar-refractivity contribution is -0.125. The molecule has 2 fully saturated rings. The fourth-order valence-corrected chi connectivity index (χ4v) is 4.63. The molecule has 2 aromatic rings. The average Bonchev–Trinajstić information content (AvgIpc) is 3.56. The number of nitrogens with one attached hydrogen (secondary N) is 1. The zero-order valence-electron chi connectivity index (χ0n) is 15.7. The van der Waals surface area contributed by atoms with Crippen molar-refractivity contribution in [1.29, 1.82) is 0 Å². The van der Waals surface area contributed by atoms with Crippen molar-refractivity contribution in [3.05, 3.63) is 60.2 Å². The zero-order chi connectivity index (χ0) is 18.2. The summed E-state index contributed by atoms with van der Waals surface area (Å²) in [5.74, 6) is 0.972. The maximum Gasteiger partial charge on any atom is 0.225 e. The Morgan fingerprint density at radius 2 is 1.78 bits per heavy atom. The van der Waals surface area contributed by atoms with Gasteiger partial charge in [0, 0.05) is 37.6 Å². The second kappa shape index (κ2) is 6.91. The van der Waals surface area contributed by atoms with E-state index in [2.05, 4.69) is 69.7 Å². The van der Waals surface area contributed by atoms with Gasteiger partial charge in [-0.1, -0.05) is 36.4 Å². The number of amides is 1. The number of hydrogen-bond acceptors (Lipinski definition) is 3. The van der Waals surface area contributed by atoms with E-state index in [0.29, 0.717) is 5.92 Å². The summed E-state index contributed by atoms with van der Waals surface area (Å²) < 4.78 is 0. The van der Waals surface area contributed by atoms with E-state index in [1.807, 2.05) is 0 Å². The highest BCUT2D eigenvalue weighted by Gasteiger charge is 2.41. The molecule has 3 aliphatic rings. The topological polar surface area (TPSA) is 35.6 Å². The SMILES string of the molecule is O=C(NCC1CC1)[C@@H]1Cc2ccccc2N2CCN(c3ccccc3)C[C@@H]12. The number of benzene rings is 2. The number of carbonyl (C=O) groups excluding carboxylic acids is 1. The molecule has 1 N–H and O–H groups in total. The molecular weight excluding hydrogens is 334 g/mol. The van der Waals surface area contributed by atoms with Crippen molar-refractivity contribution < 1.29 is 4.79 Å². The number of piperazine rings is 1. The number of anilines is 2. The van der Waals surface area contributed by atoms with Crippen molar-refractivity contribution in [3.8, 4) is 0 Å². The van der Waals surface area contributed by atoms with Crippen LogP contribution in [0.1, 0.15) is 18.4 Å². The molecular formula is C23H27N3O. The molecule has 2 aromatic carbocycles. The van der Waals surface area contributed by atoms with Crippen LogP contribution < -0.4 is 15.1 Å². The summed E-state index contributed by atoms with van der Waals surface area (Å²) >= 11 is 0. The minimum absolute atomic E-state index is 0.0187. The molecule has 1 amide bonds. The van der Waals surface area contributed by atoms with Crippen molar-refractivity contribution >= 4 is 17.3 Å². The zero-order valence-corrected chi connectivity index (χ0v) is 15.7. The van der Waals surface area contributed by atoms with Crippen LogP contribution in [0.25, 0.3) is 0 Å². The van der Waals surface area contributed by atoms with Gasteiger partial charge in [-0.3, -0.25) is 4.79 Å². The molecule has 2 aliphatic heterocycles. The van der Waals surface area contributed by atoms with Crippen LogP contribution in [-0.4, -0.2) is 38.1 Å². The van der Waals surface area contributed by atoms with Crippen molar-refractivity contribution in [1.82, 2.24) is 5.32 Å². The first-order valence-electron chi connectivity index (χ1n) is 10.2. The number of carbonyl (C=O) groups is 1. The van der Waals surface area contributed by atoms with Gasteiger partial charge in [-0.05, 0) is 48.9 Å². The predicted octanol–water partition coefficient (Wildman–Crippen LogP) is 3.08. The van der Waals surface area contributed by atoms with Gasteiger partial charge in [-0.25, -0.2) is 0 Å². The van der Waals surface area contributed by atoms with Gasteiger partial charge in [0.2, 0.25) is 5.91 Å². The Balaban J connectivity index is 1.42. The van der Waals surface area contributed by atoms with Crippen molar-refractivity contribution in [3.63, 3.8) is 0 Å². The van der Waals surface area contributed by atoms with Gasteiger partial charge in [0.05, 0.1) is 12.0 Å². The third-order valence-corrected chi connectivity index (χ3v) is 6.34. The fourth-order valence-electron chi connectivity index (χ4n) is 4.63. The molecule has 4 nitrogen and oxygen atoms in total. The monoisotopic (exact) mass is 361 g/mol. The van der Waals surface area contributed by atoms with Crippen LogP contribution in [-0.2, 0) is 11.2 Å². The standard InChI is InChI=1S/C23H27N3O/c27-23(24-15-17-10-11-17)20-14-18-6-4-5-9-21(18)26-13-12-25(16-22(20)26)19-7-2-1-3-8-19/h1-9,17,20,22H,10-16H2,(H,24,27)/t20-,22+/m1/s1. The maximum atomic E-state index is 13.1. The molecule has 4 heteroatoms. The molecule has 140 valence electrons. The molecule has 1 saturated heterocycles. The number of fused-ring (bicyclic) bond motifs is 3. The average molecular weight is 361 g/mol. The van der Waals surface area contributed by atoms with Gasteiger partial charge in [-0.15, -0.1) is 0 Å². The van der Waals surface area contributed by atoms with Gasteiger partial charge in [-0.2, -0.15) is 0 Å². The Morgan fingerprint density at radius 3 is 2.59 bits per heavy atom. The summed E-state index contributed by atoms with van der Waals surface area (Å²) in [6.45, 7) is 3.71. The number of hydrogen-bond donors (Lipinski definition) is 1. The van der Waals surface area contributed by atoms with E-state index in [9.17, 15) is 4.79 Å². The second-order valence-electron chi connectivity index (χ2n) is 8.17. The molecule has 1 saturated carbocycles. The molecule has 0 bridgehead atoms. The predicted molar refractivity (Wildman–Crippen MR) is 109 cm³/mol. The highest BCUT2D eigenvalue weighted by atomic mass is 16.1. The Morgan fingerprint density at radius 1 is 1.00 bits per heavy atom. The van der Waals surface area contributed by atoms with Gasteiger partial charge in [0.25, 0.3) is 0 Å². The van der Waals surface area contributed by atoms with Crippen LogP contribution >= 0.6 is 0 Å². The van der Waals surface area contributed by atoms with Crippen LogP contribution in [0, 0.1) is 11.8 Å². The van der Waals surface area contributed by atoms with E-state index in [4.69, 9.17) is 0 Å². The number of nitrogens with zero attached hydrogens (tertiary/aromatic N) is 2. The summed E-state index contributed by atoms with van der Waals surface area (Å²) in [5, 5.41) is 3.25. The van der Waals surface area contributed by atoms with Crippen molar-refractivity contribution in [2.75, 3.05) is 36.0 Å². The maximum absolute atomic E-state index is 13.1. The third kappa shape index (κ3) is 3.29. The largest absolute Gasteiger partial charge is 0.368 e. The Labute approximate surface area is 161 Å². The van der Waals surface area contributed by atoms with Gasteiger partial charge in [0.15, 0.2) is 0 Å². The molecule has 0 spiro atoms. The number of rotatable bonds is 4. The summed E-state index contributed by atoms with van der Waals surface area (Å²) in [5.41, 5.74) is 3.89. The van der Waals surface area contributed by atoms with E-state index in [-0.39, 0.29) is 17.9 Å². The molecule has 0 unspecified atom stereocenters. The lowest BCUT2D eigenvalue weighted by Crippen LogP contribution is -2.61. The molecule has 2 atom stereocenters.